The van der Waals surface area contributed by atoms with Crippen LogP contribution < -0.4 is 10.2 Å². The standard InChI is InChI=1S/C13H20N4O2/c1-10(2)16(9-11-4-3-6-14-11)13-8-12(17(18)19)5-7-15-13/h5,7-8,10-11,14H,3-4,6,9H2,1-2H3. The van der Waals surface area contributed by atoms with Crippen molar-refractivity contribution in [2.45, 2.75) is 38.8 Å². The number of nitrogens with one attached hydrogen (secondary N) is 1. The van der Waals surface area contributed by atoms with Gasteiger partial charge in [-0.25, -0.2) is 4.98 Å². The first-order valence-electron chi connectivity index (χ1n) is 6.68. The molecule has 1 atom stereocenters. The number of pyridine rings is 1. The van der Waals surface area contributed by atoms with Crippen molar-refractivity contribution in [3.63, 3.8) is 0 Å². The third-order valence-corrected chi connectivity index (χ3v) is 3.44. The molecule has 1 saturated heterocycles. The average Bonchev–Trinajstić information content (AvgIpc) is 2.88. The van der Waals surface area contributed by atoms with Gasteiger partial charge in [-0.1, -0.05) is 0 Å². The quantitative estimate of drug-likeness (QED) is 0.650. The first-order chi connectivity index (χ1) is 9.08. The Morgan fingerprint density at radius 3 is 3.00 bits per heavy atom. The molecule has 1 aliphatic rings. The molecule has 104 valence electrons. The van der Waals surface area contributed by atoms with Gasteiger partial charge in [0.25, 0.3) is 5.69 Å². The van der Waals surface area contributed by atoms with E-state index in [1.54, 1.807) is 6.07 Å². The molecule has 0 amide bonds. The van der Waals surface area contributed by atoms with Crippen LogP contribution in [0.1, 0.15) is 26.7 Å². The van der Waals surface area contributed by atoms with Crippen molar-refractivity contribution in [3.05, 3.63) is 28.4 Å². The van der Waals surface area contributed by atoms with E-state index in [1.165, 1.54) is 18.7 Å². The molecule has 2 rings (SSSR count). The summed E-state index contributed by atoms with van der Waals surface area (Å²) in [4.78, 5) is 16.9. The monoisotopic (exact) mass is 264 g/mol. The summed E-state index contributed by atoms with van der Waals surface area (Å²) in [6.07, 6.45) is 3.85. The summed E-state index contributed by atoms with van der Waals surface area (Å²) in [5.74, 6) is 0.679. The molecule has 2 heterocycles. The van der Waals surface area contributed by atoms with Crippen molar-refractivity contribution < 1.29 is 4.92 Å². The lowest BCUT2D eigenvalue weighted by molar-refractivity contribution is -0.384. The second kappa shape index (κ2) is 5.97. The van der Waals surface area contributed by atoms with Crippen LogP contribution in [0.5, 0.6) is 0 Å². The third kappa shape index (κ3) is 3.41. The van der Waals surface area contributed by atoms with Gasteiger partial charge >= 0.3 is 0 Å². The molecule has 0 aliphatic carbocycles. The van der Waals surface area contributed by atoms with Crippen LogP contribution in [-0.2, 0) is 0 Å². The predicted octanol–water partition coefficient (Wildman–Crippen LogP) is 1.96. The minimum absolute atomic E-state index is 0.0926. The van der Waals surface area contributed by atoms with Gasteiger partial charge in [0.05, 0.1) is 11.0 Å². The molecule has 0 spiro atoms. The number of hydrogen-bond acceptors (Lipinski definition) is 5. The van der Waals surface area contributed by atoms with Crippen molar-refractivity contribution in [3.8, 4) is 0 Å². The Balaban J connectivity index is 2.17. The molecule has 1 aromatic heterocycles. The zero-order chi connectivity index (χ0) is 13.8. The smallest absolute Gasteiger partial charge is 0.274 e. The Bertz CT molecular complexity index is 444. The van der Waals surface area contributed by atoms with E-state index in [-0.39, 0.29) is 16.7 Å². The molecule has 1 unspecified atom stereocenters. The van der Waals surface area contributed by atoms with Gasteiger partial charge < -0.3 is 10.2 Å². The van der Waals surface area contributed by atoms with Gasteiger partial charge in [-0.3, -0.25) is 10.1 Å². The van der Waals surface area contributed by atoms with E-state index in [2.05, 4.69) is 29.0 Å². The van der Waals surface area contributed by atoms with Crippen LogP contribution in [0.25, 0.3) is 0 Å². The Kier molecular flexibility index (Phi) is 4.31. The first kappa shape index (κ1) is 13.7. The summed E-state index contributed by atoms with van der Waals surface area (Å²) < 4.78 is 0. The fraction of sp³-hybridized carbons (Fsp3) is 0.615. The maximum absolute atomic E-state index is 10.8. The number of nitro groups is 1. The molecule has 0 saturated carbocycles. The molecule has 6 nitrogen and oxygen atoms in total. The second-order valence-electron chi connectivity index (χ2n) is 5.17. The Morgan fingerprint density at radius 2 is 2.42 bits per heavy atom. The minimum atomic E-state index is -0.377. The van der Waals surface area contributed by atoms with Gasteiger partial charge in [-0.2, -0.15) is 0 Å². The van der Waals surface area contributed by atoms with Gasteiger partial charge in [0.15, 0.2) is 0 Å². The fourth-order valence-electron chi connectivity index (χ4n) is 2.40. The van der Waals surface area contributed by atoms with Crippen LogP contribution in [0.4, 0.5) is 11.5 Å². The van der Waals surface area contributed by atoms with E-state index in [0.717, 1.165) is 19.5 Å². The third-order valence-electron chi connectivity index (χ3n) is 3.44. The van der Waals surface area contributed by atoms with Crippen LogP contribution in [0.2, 0.25) is 0 Å². The number of rotatable bonds is 5. The van der Waals surface area contributed by atoms with Crippen LogP contribution in [0.15, 0.2) is 18.3 Å². The summed E-state index contributed by atoms with van der Waals surface area (Å²) in [5, 5.41) is 14.3. The number of anilines is 1. The second-order valence-corrected chi connectivity index (χ2v) is 5.17. The highest BCUT2D eigenvalue weighted by molar-refractivity contribution is 5.47. The largest absolute Gasteiger partial charge is 0.352 e. The molecule has 0 radical (unpaired) electrons. The van der Waals surface area contributed by atoms with Gasteiger partial charge in [-0.15, -0.1) is 0 Å². The Hall–Kier alpha value is -1.69. The van der Waals surface area contributed by atoms with Crippen molar-refractivity contribution in [2.24, 2.45) is 0 Å². The van der Waals surface area contributed by atoms with Gasteiger partial charge in [0, 0.05) is 30.9 Å². The fourth-order valence-corrected chi connectivity index (χ4v) is 2.40. The minimum Gasteiger partial charge on any atom is -0.352 e. The molecular weight excluding hydrogens is 244 g/mol. The van der Waals surface area contributed by atoms with Crippen LogP contribution in [-0.4, -0.2) is 35.1 Å². The SMILES string of the molecule is CC(C)N(CC1CCCN1)c1cc([N+](=O)[O-])ccn1. The van der Waals surface area contributed by atoms with Crippen molar-refractivity contribution in [2.75, 3.05) is 18.0 Å². The van der Waals surface area contributed by atoms with Crippen molar-refractivity contribution in [1.29, 1.82) is 0 Å². The lowest BCUT2D eigenvalue weighted by Crippen LogP contribution is -2.41. The van der Waals surface area contributed by atoms with E-state index in [9.17, 15) is 10.1 Å². The first-order valence-corrected chi connectivity index (χ1v) is 6.68. The Labute approximate surface area is 113 Å². The molecule has 0 aromatic carbocycles. The summed E-state index contributed by atoms with van der Waals surface area (Å²) in [5.41, 5.74) is 0.0926. The van der Waals surface area contributed by atoms with E-state index in [1.807, 2.05) is 0 Å². The summed E-state index contributed by atoms with van der Waals surface area (Å²) in [7, 11) is 0. The summed E-state index contributed by atoms with van der Waals surface area (Å²) in [6.45, 7) is 6.05. The van der Waals surface area contributed by atoms with E-state index in [0.29, 0.717) is 11.9 Å². The Morgan fingerprint density at radius 1 is 1.63 bits per heavy atom. The predicted molar refractivity (Wildman–Crippen MR) is 74.4 cm³/mol. The van der Waals surface area contributed by atoms with Gasteiger partial charge in [-0.05, 0) is 33.2 Å². The lowest BCUT2D eigenvalue weighted by atomic mass is 10.2. The van der Waals surface area contributed by atoms with Gasteiger partial charge in [0.2, 0.25) is 0 Å². The molecule has 0 bridgehead atoms. The van der Waals surface area contributed by atoms with E-state index >= 15 is 0 Å². The highest BCUT2D eigenvalue weighted by Gasteiger charge is 2.21. The van der Waals surface area contributed by atoms with Crippen molar-refractivity contribution >= 4 is 11.5 Å². The molecule has 1 aromatic rings. The number of aromatic nitrogens is 1. The average molecular weight is 264 g/mol. The molecule has 1 aliphatic heterocycles. The van der Waals surface area contributed by atoms with Crippen molar-refractivity contribution in [1.82, 2.24) is 10.3 Å². The van der Waals surface area contributed by atoms with E-state index in [4.69, 9.17) is 0 Å². The normalized spacial score (nSPS) is 18.8. The molecule has 19 heavy (non-hydrogen) atoms. The number of nitrogens with zero attached hydrogens (tertiary/aromatic N) is 3. The zero-order valence-corrected chi connectivity index (χ0v) is 11.4. The molecule has 1 fully saturated rings. The molecular formula is C13H20N4O2. The molecule has 1 N–H and O–H groups in total. The maximum Gasteiger partial charge on any atom is 0.274 e. The lowest BCUT2D eigenvalue weighted by Gasteiger charge is -2.30. The van der Waals surface area contributed by atoms with Crippen LogP contribution in [0.3, 0.4) is 0 Å². The topological polar surface area (TPSA) is 71.3 Å². The van der Waals surface area contributed by atoms with E-state index < -0.39 is 0 Å². The summed E-state index contributed by atoms with van der Waals surface area (Å²) >= 11 is 0. The highest BCUT2D eigenvalue weighted by atomic mass is 16.6. The highest BCUT2D eigenvalue weighted by Crippen LogP contribution is 2.21. The molecule has 6 heteroatoms. The summed E-state index contributed by atoms with van der Waals surface area (Å²) in [6, 6.07) is 3.69. The maximum atomic E-state index is 10.8. The number of hydrogen-bond donors (Lipinski definition) is 1. The zero-order valence-electron chi connectivity index (χ0n) is 11.4. The van der Waals surface area contributed by atoms with Crippen LogP contribution >= 0.6 is 0 Å². The van der Waals surface area contributed by atoms with Crippen LogP contribution in [0, 0.1) is 10.1 Å². The van der Waals surface area contributed by atoms with Gasteiger partial charge in [0.1, 0.15) is 5.82 Å².